The van der Waals surface area contributed by atoms with Crippen LogP contribution in [0.2, 0.25) is 5.02 Å². The number of benzene rings is 2. The van der Waals surface area contributed by atoms with E-state index in [4.69, 9.17) is 16.3 Å². The molecule has 1 atom stereocenters. The molecule has 0 bridgehead atoms. The second-order valence-corrected chi connectivity index (χ2v) is 9.10. The Morgan fingerprint density at radius 3 is 2.45 bits per heavy atom. The Balaban J connectivity index is 2.04. The van der Waals surface area contributed by atoms with E-state index in [-0.39, 0.29) is 5.57 Å². The topological polar surface area (TPSA) is 74.1 Å². The predicted octanol–water partition coefficient (Wildman–Crippen LogP) is 2.20. The fourth-order valence-corrected chi connectivity index (χ4v) is 4.00. The molecule has 2 aromatic carbocycles. The number of ether oxygens (including phenoxy) is 1. The van der Waals surface area contributed by atoms with Crippen LogP contribution in [0.1, 0.15) is 42.5 Å². The highest BCUT2D eigenvalue weighted by Crippen LogP contribution is 2.39. The Hall–Kier alpha value is -2.83. The van der Waals surface area contributed by atoms with Crippen LogP contribution in [0.15, 0.2) is 48.0 Å². The van der Waals surface area contributed by atoms with Gasteiger partial charge in [0.15, 0.2) is 0 Å². The van der Waals surface area contributed by atoms with Gasteiger partial charge >= 0.3 is 0 Å². The number of unbranched alkanes of at least 4 members (excludes halogenated alkanes) is 1. The van der Waals surface area contributed by atoms with Gasteiger partial charge in [0, 0.05) is 10.6 Å². The average molecular weight is 471 g/mol. The summed E-state index contributed by atoms with van der Waals surface area (Å²) in [5.41, 5.74) is 1.85. The second-order valence-electron chi connectivity index (χ2n) is 8.66. The van der Waals surface area contributed by atoms with Crippen LogP contribution in [0.4, 0.5) is 0 Å². The van der Waals surface area contributed by atoms with Gasteiger partial charge in [-0.25, -0.2) is 0 Å². The third-order valence-corrected chi connectivity index (χ3v) is 6.01. The molecule has 0 aliphatic carbocycles. The Morgan fingerprint density at radius 2 is 1.85 bits per heavy atom. The predicted molar refractivity (Wildman–Crippen MR) is 127 cm³/mol. The van der Waals surface area contributed by atoms with Crippen molar-refractivity contribution in [3.63, 3.8) is 0 Å². The Labute approximate surface area is 200 Å². The van der Waals surface area contributed by atoms with Crippen molar-refractivity contribution in [1.82, 2.24) is 4.90 Å². The molecular formula is C26H31ClN2O4. The van der Waals surface area contributed by atoms with Crippen molar-refractivity contribution in [2.45, 2.75) is 32.7 Å². The minimum Gasteiger partial charge on any atom is -0.872 e. The zero-order valence-electron chi connectivity index (χ0n) is 19.6. The molecule has 0 aromatic heterocycles. The van der Waals surface area contributed by atoms with Crippen molar-refractivity contribution in [2.24, 2.45) is 0 Å². The van der Waals surface area contributed by atoms with Crippen LogP contribution in [0.5, 0.6) is 5.75 Å². The lowest BCUT2D eigenvalue weighted by molar-refractivity contribution is -0.857. The van der Waals surface area contributed by atoms with Crippen molar-refractivity contribution in [3.05, 3.63) is 69.8 Å². The smallest absolute Gasteiger partial charge is 0.295 e. The molecule has 7 heteroatoms. The number of aryl methyl sites for hydroxylation is 1. The van der Waals surface area contributed by atoms with Crippen molar-refractivity contribution < 1.29 is 24.3 Å². The minimum absolute atomic E-state index is 0.0184. The zero-order valence-corrected chi connectivity index (χ0v) is 20.4. The van der Waals surface area contributed by atoms with Crippen LogP contribution < -0.4 is 14.7 Å². The van der Waals surface area contributed by atoms with Gasteiger partial charge in [-0.05, 0) is 54.3 Å². The number of rotatable bonds is 9. The summed E-state index contributed by atoms with van der Waals surface area (Å²) in [6, 6.07) is 11.3. The SMILES string of the molecule is CCCCOc1ccc(C([O-])=C2C(=O)C(=O)N(CC[NH+](C)C)C2c2ccc(Cl)cc2)cc1C. The van der Waals surface area contributed by atoms with Gasteiger partial charge in [0.1, 0.15) is 5.75 Å². The molecule has 0 spiro atoms. The molecule has 1 aliphatic rings. The molecule has 0 saturated carbocycles. The van der Waals surface area contributed by atoms with Crippen LogP contribution >= 0.6 is 11.6 Å². The first-order chi connectivity index (χ1) is 15.7. The van der Waals surface area contributed by atoms with Gasteiger partial charge in [-0.3, -0.25) is 9.59 Å². The summed E-state index contributed by atoms with van der Waals surface area (Å²) in [4.78, 5) is 28.6. The van der Waals surface area contributed by atoms with Crippen molar-refractivity contribution in [1.29, 1.82) is 0 Å². The summed E-state index contributed by atoms with van der Waals surface area (Å²) < 4.78 is 5.79. The third kappa shape index (κ3) is 5.57. The molecule has 0 radical (unpaired) electrons. The normalized spacial score (nSPS) is 17.8. The number of halogens is 1. The first-order valence-electron chi connectivity index (χ1n) is 11.3. The van der Waals surface area contributed by atoms with Crippen LogP contribution in [0, 0.1) is 6.92 Å². The molecule has 6 nitrogen and oxygen atoms in total. The number of nitrogens with zero attached hydrogens (tertiary/aromatic N) is 1. The largest absolute Gasteiger partial charge is 0.872 e. The van der Waals surface area contributed by atoms with Crippen molar-refractivity contribution in [2.75, 3.05) is 33.8 Å². The highest BCUT2D eigenvalue weighted by atomic mass is 35.5. The monoisotopic (exact) mass is 470 g/mol. The third-order valence-electron chi connectivity index (χ3n) is 5.76. The number of ketones is 1. The first kappa shape index (κ1) is 24.8. The van der Waals surface area contributed by atoms with Gasteiger partial charge in [0.25, 0.3) is 5.91 Å². The van der Waals surface area contributed by atoms with E-state index in [1.165, 1.54) is 4.90 Å². The maximum atomic E-state index is 13.6. The highest BCUT2D eigenvalue weighted by Gasteiger charge is 2.44. The Bertz CT molecular complexity index is 1050. The van der Waals surface area contributed by atoms with E-state index in [1.54, 1.807) is 42.5 Å². The fourth-order valence-electron chi connectivity index (χ4n) is 3.87. The lowest BCUT2D eigenvalue weighted by atomic mass is 9.95. The van der Waals surface area contributed by atoms with Gasteiger partial charge < -0.3 is 19.6 Å². The van der Waals surface area contributed by atoms with E-state index in [2.05, 4.69) is 6.92 Å². The van der Waals surface area contributed by atoms with E-state index in [0.717, 1.165) is 23.3 Å². The van der Waals surface area contributed by atoms with Crippen molar-refractivity contribution >= 4 is 29.1 Å². The number of carbonyl (C=O) groups excluding carboxylic acids is 2. The van der Waals surface area contributed by atoms with E-state index in [9.17, 15) is 14.7 Å². The van der Waals surface area contributed by atoms with E-state index in [1.807, 2.05) is 21.0 Å². The van der Waals surface area contributed by atoms with Gasteiger partial charge in [-0.15, -0.1) is 0 Å². The molecule has 3 rings (SSSR count). The summed E-state index contributed by atoms with van der Waals surface area (Å²) in [5.74, 6) is -1.11. The maximum Gasteiger partial charge on any atom is 0.295 e. The fraction of sp³-hybridized carbons (Fsp3) is 0.385. The molecule has 1 saturated heterocycles. The second kappa shape index (κ2) is 10.9. The number of carbonyl (C=O) groups is 2. The minimum atomic E-state index is -0.741. The molecule has 1 fully saturated rings. The van der Waals surface area contributed by atoms with Crippen LogP contribution in [0.3, 0.4) is 0 Å². The number of amides is 1. The average Bonchev–Trinajstić information content (AvgIpc) is 3.03. The quantitative estimate of drug-likeness (QED) is 0.264. The molecule has 33 heavy (non-hydrogen) atoms. The molecule has 1 heterocycles. The van der Waals surface area contributed by atoms with Crippen molar-refractivity contribution in [3.8, 4) is 5.75 Å². The molecule has 176 valence electrons. The van der Waals surface area contributed by atoms with E-state index >= 15 is 0 Å². The number of hydrogen-bond acceptors (Lipinski definition) is 4. The number of likely N-dealkylation sites (N-methyl/N-ethyl adjacent to an activating group) is 1. The number of likely N-dealkylation sites (tertiary alicyclic amines) is 1. The summed E-state index contributed by atoms with van der Waals surface area (Å²) in [6.07, 6.45) is 1.98. The van der Waals surface area contributed by atoms with Crippen LogP contribution in [0.25, 0.3) is 5.76 Å². The lowest BCUT2D eigenvalue weighted by Crippen LogP contribution is -3.06. The number of hydrogen-bond donors (Lipinski definition) is 1. The lowest BCUT2D eigenvalue weighted by Gasteiger charge is -2.28. The maximum absolute atomic E-state index is 13.6. The number of Topliss-reactive ketones (excluding diaryl/α,β-unsaturated/α-hetero) is 1. The summed E-state index contributed by atoms with van der Waals surface area (Å²) >= 11 is 6.05. The van der Waals surface area contributed by atoms with Gasteiger partial charge in [0.2, 0.25) is 5.78 Å². The Kier molecular flexibility index (Phi) is 8.16. The summed E-state index contributed by atoms with van der Waals surface area (Å²) in [5, 5.41) is 14.1. The molecule has 1 N–H and O–H groups in total. The number of nitrogens with one attached hydrogen (secondary N) is 1. The molecule has 1 amide bonds. The molecule has 1 aliphatic heterocycles. The number of quaternary nitrogens is 1. The van der Waals surface area contributed by atoms with E-state index < -0.39 is 23.5 Å². The van der Waals surface area contributed by atoms with Gasteiger partial charge in [-0.1, -0.05) is 48.9 Å². The summed E-state index contributed by atoms with van der Waals surface area (Å²) in [7, 11) is 3.95. The Morgan fingerprint density at radius 1 is 1.15 bits per heavy atom. The van der Waals surface area contributed by atoms with Gasteiger partial charge in [-0.2, -0.15) is 0 Å². The molecular weight excluding hydrogens is 440 g/mol. The highest BCUT2D eigenvalue weighted by molar-refractivity contribution is 6.46. The zero-order chi connectivity index (χ0) is 24.1. The molecule has 2 aromatic rings. The van der Waals surface area contributed by atoms with Crippen LogP contribution in [-0.2, 0) is 9.59 Å². The standard InChI is InChI=1S/C26H31ClN2O4/c1-5-6-15-33-21-12-9-19(16-17(21)2)24(30)22-23(18-7-10-20(27)11-8-18)29(14-13-28(3)4)26(32)25(22)31/h7-12,16,23,30H,5-6,13-15H2,1-4H3. The summed E-state index contributed by atoms with van der Waals surface area (Å²) in [6.45, 7) is 5.58. The molecule has 1 unspecified atom stereocenters. The van der Waals surface area contributed by atoms with Crippen LogP contribution in [-0.4, -0.2) is 50.4 Å². The first-order valence-corrected chi connectivity index (χ1v) is 11.7. The van der Waals surface area contributed by atoms with E-state index in [0.29, 0.717) is 41.6 Å². The van der Waals surface area contributed by atoms with Gasteiger partial charge in [0.05, 0.1) is 39.8 Å².